The van der Waals surface area contributed by atoms with E-state index in [2.05, 4.69) is 20.6 Å². The van der Waals surface area contributed by atoms with Crippen LogP contribution in [-0.4, -0.2) is 49.7 Å². The Morgan fingerprint density at radius 3 is 2.48 bits per heavy atom. The number of hydrogen-bond donors (Lipinski definition) is 1. The third kappa shape index (κ3) is 3.07. The molecule has 0 saturated carbocycles. The molecule has 0 radical (unpaired) electrons. The van der Waals surface area contributed by atoms with Gasteiger partial charge in [0, 0.05) is 24.0 Å². The average molecular weight is 419 g/mol. The van der Waals surface area contributed by atoms with Gasteiger partial charge >= 0.3 is 0 Å². The zero-order valence-electron chi connectivity index (χ0n) is 17.6. The third-order valence-electron chi connectivity index (χ3n) is 5.50. The standard InChI is InChI=1S/C21H21N7O3/c1-11-20-16(13-7-14(30-3)9-15(8-13)31-4)10-19(29)22-21(20)28(25-11)18-6-5-17-24-23-12(2)27(17)26-18/h5-9,16H,10H2,1-4H3,(H,22,29)/t16-/m0/s1. The molecule has 10 nitrogen and oxygen atoms in total. The van der Waals surface area contributed by atoms with Crippen molar-refractivity contribution in [3.05, 3.63) is 53.0 Å². The molecule has 1 aliphatic rings. The highest BCUT2D eigenvalue weighted by Crippen LogP contribution is 2.42. The first kappa shape index (κ1) is 19.0. The number of aryl methyl sites for hydroxylation is 2. The van der Waals surface area contributed by atoms with Gasteiger partial charge in [0.2, 0.25) is 5.91 Å². The molecule has 10 heteroatoms. The maximum absolute atomic E-state index is 12.7. The van der Waals surface area contributed by atoms with Crippen LogP contribution in [0.1, 0.15) is 35.0 Å². The van der Waals surface area contributed by atoms with Crippen molar-refractivity contribution in [2.75, 3.05) is 19.5 Å². The van der Waals surface area contributed by atoms with E-state index in [0.717, 1.165) is 16.8 Å². The average Bonchev–Trinajstić information content (AvgIpc) is 3.32. The Morgan fingerprint density at radius 2 is 1.77 bits per heavy atom. The molecule has 0 fully saturated rings. The van der Waals surface area contributed by atoms with E-state index in [1.54, 1.807) is 29.5 Å². The van der Waals surface area contributed by atoms with Crippen LogP contribution in [0.15, 0.2) is 30.3 Å². The summed E-state index contributed by atoms with van der Waals surface area (Å²) in [5, 5.41) is 20.4. The minimum atomic E-state index is -0.193. The van der Waals surface area contributed by atoms with E-state index in [4.69, 9.17) is 14.6 Å². The molecule has 31 heavy (non-hydrogen) atoms. The molecule has 0 aliphatic carbocycles. The quantitative estimate of drug-likeness (QED) is 0.541. The van der Waals surface area contributed by atoms with Gasteiger partial charge in [-0.2, -0.15) is 14.3 Å². The number of benzene rings is 1. The second-order valence-corrected chi connectivity index (χ2v) is 7.42. The van der Waals surface area contributed by atoms with Crippen LogP contribution >= 0.6 is 0 Å². The predicted molar refractivity (Wildman–Crippen MR) is 112 cm³/mol. The van der Waals surface area contributed by atoms with Crippen molar-refractivity contribution >= 4 is 17.4 Å². The van der Waals surface area contributed by atoms with Gasteiger partial charge in [-0.3, -0.25) is 4.79 Å². The van der Waals surface area contributed by atoms with Gasteiger partial charge in [0.15, 0.2) is 17.3 Å². The van der Waals surface area contributed by atoms with Crippen LogP contribution in [0.25, 0.3) is 11.5 Å². The number of fused-ring (bicyclic) bond motifs is 2. The molecule has 1 amide bonds. The second kappa shape index (κ2) is 7.08. The molecule has 1 atom stereocenters. The minimum Gasteiger partial charge on any atom is -0.497 e. The molecule has 4 aromatic rings. The topological polar surface area (TPSA) is 108 Å². The van der Waals surface area contributed by atoms with E-state index in [1.807, 2.05) is 38.1 Å². The Bertz CT molecular complexity index is 1300. The van der Waals surface area contributed by atoms with Crippen molar-refractivity contribution in [3.63, 3.8) is 0 Å². The van der Waals surface area contributed by atoms with Crippen molar-refractivity contribution in [2.45, 2.75) is 26.2 Å². The Labute approximate surface area is 177 Å². The fraction of sp³-hybridized carbons (Fsp3) is 0.286. The fourth-order valence-corrected chi connectivity index (χ4v) is 4.03. The van der Waals surface area contributed by atoms with Gasteiger partial charge in [0.1, 0.15) is 17.3 Å². The molecule has 1 aliphatic heterocycles. The summed E-state index contributed by atoms with van der Waals surface area (Å²) in [5.74, 6) is 2.88. The summed E-state index contributed by atoms with van der Waals surface area (Å²) < 4.78 is 14.2. The number of aromatic nitrogens is 6. The van der Waals surface area contributed by atoms with Gasteiger partial charge in [-0.15, -0.1) is 15.3 Å². The van der Waals surface area contributed by atoms with E-state index in [1.165, 1.54) is 0 Å². The smallest absolute Gasteiger partial charge is 0.226 e. The Balaban J connectivity index is 1.67. The predicted octanol–water partition coefficient (Wildman–Crippen LogP) is 2.42. The van der Waals surface area contributed by atoms with E-state index >= 15 is 0 Å². The number of carbonyl (C=O) groups is 1. The number of amides is 1. The maximum atomic E-state index is 12.7. The van der Waals surface area contributed by atoms with E-state index in [0.29, 0.717) is 41.0 Å². The van der Waals surface area contributed by atoms with Crippen LogP contribution in [0.5, 0.6) is 11.5 Å². The summed E-state index contributed by atoms with van der Waals surface area (Å²) in [7, 11) is 3.21. The molecule has 0 bridgehead atoms. The number of nitrogens with one attached hydrogen (secondary N) is 1. The molecule has 4 heterocycles. The lowest BCUT2D eigenvalue weighted by atomic mass is 9.85. The lowest BCUT2D eigenvalue weighted by molar-refractivity contribution is -0.116. The first-order chi connectivity index (χ1) is 15.0. The van der Waals surface area contributed by atoms with Crippen LogP contribution in [-0.2, 0) is 4.79 Å². The summed E-state index contributed by atoms with van der Waals surface area (Å²) in [6, 6.07) is 9.29. The number of hydrogen-bond acceptors (Lipinski definition) is 7. The summed E-state index contributed by atoms with van der Waals surface area (Å²) in [6.07, 6.45) is 0.298. The lowest BCUT2D eigenvalue weighted by Crippen LogP contribution is -2.25. The summed E-state index contributed by atoms with van der Waals surface area (Å²) in [4.78, 5) is 12.7. The monoisotopic (exact) mass is 419 g/mol. The second-order valence-electron chi connectivity index (χ2n) is 7.42. The molecule has 0 spiro atoms. The highest BCUT2D eigenvalue weighted by atomic mass is 16.5. The molecule has 5 rings (SSSR count). The van der Waals surface area contributed by atoms with Gasteiger partial charge in [0.05, 0.1) is 19.9 Å². The first-order valence-corrected chi connectivity index (χ1v) is 9.80. The number of ether oxygens (including phenoxy) is 2. The largest absolute Gasteiger partial charge is 0.497 e. The van der Waals surface area contributed by atoms with E-state index in [9.17, 15) is 4.79 Å². The van der Waals surface area contributed by atoms with Crippen molar-refractivity contribution in [3.8, 4) is 17.3 Å². The molecule has 1 N–H and O–H groups in total. The van der Waals surface area contributed by atoms with Crippen molar-refractivity contribution in [1.82, 2.24) is 29.6 Å². The van der Waals surface area contributed by atoms with Gasteiger partial charge in [-0.05, 0) is 43.7 Å². The van der Waals surface area contributed by atoms with Crippen LogP contribution in [0.2, 0.25) is 0 Å². The van der Waals surface area contributed by atoms with Crippen LogP contribution < -0.4 is 14.8 Å². The fourth-order valence-electron chi connectivity index (χ4n) is 4.03. The zero-order chi connectivity index (χ0) is 21.7. The van der Waals surface area contributed by atoms with Gasteiger partial charge in [-0.25, -0.2) is 0 Å². The van der Waals surface area contributed by atoms with E-state index < -0.39 is 0 Å². The lowest BCUT2D eigenvalue weighted by Gasteiger charge is -2.25. The highest BCUT2D eigenvalue weighted by Gasteiger charge is 2.33. The van der Waals surface area contributed by atoms with Gasteiger partial charge in [-0.1, -0.05) is 0 Å². The Morgan fingerprint density at radius 1 is 1.03 bits per heavy atom. The number of carbonyl (C=O) groups excluding carboxylic acids is 1. The Kier molecular flexibility index (Phi) is 4.35. The molecular weight excluding hydrogens is 398 g/mol. The van der Waals surface area contributed by atoms with Crippen LogP contribution in [0.3, 0.4) is 0 Å². The number of anilines is 1. The van der Waals surface area contributed by atoms with Crippen LogP contribution in [0.4, 0.5) is 5.82 Å². The highest BCUT2D eigenvalue weighted by molar-refractivity contribution is 5.95. The maximum Gasteiger partial charge on any atom is 0.226 e. The van der Waals surface area contributed by atoms with E-state index in [-0.39, 0.29) is 11.8 Å². The summed E-state index contributed by atoms with van der Waals surface area (Å²) >= 11 is 0. The number of methoxy groups -OCH3 is 2. The van der Waals surface area contributed by atoms with Gasteiger partial charge < -0.3 is 14.8 Å². The van der Waals surface area contributed by atoms with Crippen molar-refractivity contribution < 1.29 is 14.3 Å². The first-order valence-electron chi connectivity index (χ1n) is 9.80. The Hall–Kier alpha value is -3.95. The molecule has 3 aromatic heterocycles. The number of rotatable bonds is 4. The number of nitrogens with zero attached hydrogens (tertiary/aromatic N) is 6. The van der Waals surface area contributed by atoms with Gasteiger partial charge in [0.25, 0.3) is 0 Å². The molecule has 158 valence electrons. The zero-order valence-corrected chi connectivity index (χ0v) is 17.6. The summed E-state index contributed by atoms with van der Waals surface area (Å²) in [6.45, 7) is 3.76. The molecule has 0 unspecified atom stereocenters. The summed E-state index contributed by atoms with van der Waals surface area (Å²) in [5.41, 5.74) is 3.32. The molecule has 1 aromatic carbocycles. The third-order valence-corrected chi connectivity index (χ3v) is 5.50. The SMILES string of the molecule is COc1cc(OC)cc([C@@H]2CC(=O)Nc3c2c(C)nn3-c2ccc3nnc(C)n3n2)c1. The normalized spacial score (nSPS) is 15.6. The molecular formula is C21H21N7O3. The van der Waals surface area contributed by atoms with Crippen molar-refractivity contribution in [1.29, 1.82) is 0 Å². The van der Waals surface area contributed by atoms with Crippen LogP contribution in [0, 0.1) is 13.8 Å². The minimum absolute atomic E-state index is 0.0954. The van der Waals surface area contributed by atoms with Crippen molar-refractivity contribution in [2.24, 2.45) is 0 Å². The molecule has 0 saturated heterocycles.